The number of fused-ring (bicyclic) bond motifs is 1. The summed E-state index contributed by atoms with van der Waals surface area (Å²) >= 11 is 0. The monoisotopic (exact) mass is 378 g/mol. The molecule has 0 amide bonds. The van der Waals surface area contributed by atoms with Crippen LogP contribution in [0.2, 0.25) is 0 Å². The maximum absolute atomic E-state index is 5.43. The number of aromatic nitrogens is 3. The van der Waals surface area contributed by atoms with E-state index in [-0.39, 0.29) is 0 Å². The van der Waals surface area contributed by atoms with Crippen LogP contribution in [-0.4, -0.2) is 35.9 Å². The smallest absolute Gasteiger partial charge is 0.203 e. The Bertz CT molecular complexity index is 1100. The largest absolute Gasteiger partial charge is 0.493 e. The summed E-state index contributed by atoms with van der Waals surface area (Å²) in [7, 11) is 4.77. The van der Waals surface area contributed by atoms with E-state index in [1.807, 2.05) is 35.2 Å². The number of nitrogens with one attached hydrogen (secondary N) is 1. The van der Waals surface area contributed by atoms with Gasteiger partial charge in [0.15, 0.2) is 11.5 Å². The molecule has 0 saturated carbocycles. The number of nitrogens with zero attached hydrogens (tertiary/aromatic N) is 3. The molecule has 3 aromatic rings. The van der Waals surface area contributed by atoms with E-state index >= 15 is 0 Å². The average Bonchev–Trinajstić information content (AvgIpc) is 3.21. The van der Waals surface area contributed by atoms with Gasteiger partial charge in [0.2, 0.25) is 5.75 Å². The molecular weight excluding hydrogens is 356 g/mol. The van der Waals surface area contributed by atoms with E-state index in [0.717, 1.165) is 24.3 Å². The molecule has 7 heteroatoms. The molecule has 1 aliphatic rings. The van der Waals surface area contributed by atoms with Crippen LogP contribution in [0, 0.1) is 0 Å². The third-order valence-electron chi connectivity index (χ3n) is 4.65. The fourth-order valence-electron chi connectivity index (χ4n) is 3.25. The van der Waals surface area contributed by atoms with Crippen LogP contribution < -0.4 is 30.0 Å². The first-order valence-corrected chi connectivity index (χ1v) is 8.99. The zero-order valence-electron chi connectivity index (χ0n) is 16.1. The SMILES string of the molecule is COc1cc(-n2cnc(Nc3cc4c(cn3)=CCCC=4)c2)cc(OC)c1OC. The Labute approximate surface area is 162 Å². The maximum Gasteiger partial charge on any atom is 0.203 e. The van der Waals surface area contributed by atoms with Gasteiger partial charge in [0.25, 0.3) is 0 Å². The topological polar surface area (TPSA) is 70.4 Å². The molecule has 7 nitrogen and oxygen atoms in total. The minimum absolute atomic E-state index is 0.554. The number of hydrogen-bond acceptors (Lipinski definition) is 6. The van der Waals surface area contributed by atoms with E-state index in [0.29, 0.717) is 23.1 Å². The zero-order chi connectivity index (χ0) is 19.5. The Balaban J connectivity index is 1.63. The molecule has 144 valence electrons. The fourth-order valence-corrected chi connectivity index (χ4v) is 3.25. The van der Waals surface area contributed by atoms with Crippen LogP contribution in [0.1, 0.15) is 12.8 Å². The van der Waals surface area contributed by atoms with Crippen LogP contribution in [0.25, 0.3) is 17.8 Å². The van der Waals surface area contributed by atoms with Gasteiger partial charge in [0, 0.05) is 18.3 Å². The number of pyridine rings is 1. The minimum atomic E-state index is 0.554. The molecule has 0 fully saturated rings. The third-order valence-corrected chi connectivity index (χ3v) is 4.65. The summed E-state index contributed by atoms with van der Waals surface area (Å²) in [4.78, 5) is 8.91. The summed E-state index contributed by atoms with van der Waals surface area (Å²) in [6.07, 6.45) is 12.1. The predicted molar refractivity (Wildman–Crippen MR) is 108 cm³/mol. The van der Waals surface area contributed by atoms with Crippen LogP contribution in [0.4, 0.5) is 11.6 Å². The van der Waals surface area contributed by atoms with Gasteiger partial charge in [-0.1, -0.05) is 12.2 Å². The Morgan fingerprint density at radius 1 is 0.857 bits per heavy atom. The van der Waals surface area contributed by atoms with Gasteiger partial charge in [0.05, 0.1) is 33.2 Å². The highest BCUT2D eigenvalue weighted by Gasteiger charge is 2.14. The number of anilines is 2. The van der Waals surface area contributed by atoms with Crippen molar-refractivity contribution >= 4 is 23.8 Å². The third kappa shape index (κ3) is 3.38. The van der Waals surface area contributed by atoms with Crippen LogP contribution in [0.3, 0.4) is 0 Å². The van der Waals surface area contributed by atoms with Crippen molar-refractivity contribution in [2.45, 2.75) is 12.8 Å². The Kier molecular flexibility index (Phi) is 4.89. The Hall–Kier alpha value is -3.48. The summed E-state index contributed by atoms with van der Waals surface area (Å²) in [5.41, 5.74) is 0.844. The van der Waals surface area contributed by atoms with Gasteiger partial charge in [0.1, 0.15) is 18.0 Å². The summed E-state index contributed by atoms with van der Waals surface area (Å²) in [6, 6.07) is 5.78. The van der Waals surface area contributed by atoms with Crippen LogP contribution in [0.5, 0.6) is 17.2 Å². The van der Waals surface area contributed by atoms with Gasteiger partial charge in [-0.3, -0.25) is 0 Å². The van der Waals surface area contributed by atoms with E-state index in [1.165, 1.54) is 10.4 Å². The lowest BCUT2D eigenvalue weighted by molar-refractivity contribution is 0.324. The van der Waals surface area contributed by atoms with Gasteiger partial charge in [-0.05, 0) is 29.3 Å². The molecule has 2 aromatic heterocycles. The molecule has 0 spiro atoms. The average molecular weight is 378 g/mol. The number of ether oxygens (including phenoxy) is 3. The van der Waals surface area contributed by atoms with Gasteiger partial charge in [-0.15, -0.1) is 0 Å². The highest BCUT2D eigenvalue weighted by molar-refractivity contribution is 5.59. The van der Waals surface area contributed by atoms with Crippen LogP contribution in [0.15, 0.2) is 36.9 Å². The van der Waals surface area contributed by atoms with Crippen molar-refractivity contribution in [3.05, 3.63) is 47.4 Å². The van der Waals surface area contributed by atoms with Crippen molar-refractivity contribution in [3.8, 4) is 22.9 Å². The zero-order valence-corrected chi connectivity index (χ0v) is 16.1. The maximum atomic E-state index is 5.43. The lowest BCUT2D eigenvalue weighted by atomic mass is 10.1. The molecular formula is C21H22N4O3. The van der Waals surface area contributed by atoms with Crippen molar-refractivity contribution in [2.75, 3.05) is 26.6 Å². The molecule has 2 heterocycles. The number of benzene rings is 1. The first kappa shape index (κ1) is 17.9. The van der Waals surface area contributed by atoms with Crippen LogP contribution >= 0.6 is 0 Å². The summed E-state index contributed by atoms with van der Waals surface area (Å²) < 4.78 is 18.1. The Morgan fingerprint density at radius 3 is 2.25 bits per heavy atom. The van der Waals surface area contributed by atoms with Crippen molar-refractivity contribution in [2.24, 2.45) is 0 Å². The van der Waals surface area contributed by atoms with Gasteiger partial charge >= 0.3 is 0 Å². The first-order chi connectivity index (χ1) is 13.7. The standard InChI is InChI=1S/C21H22N4O3/c1-26-17-9-16(10-18(27-2)21(17)28-3)25-12-20(23-13-25)24-19-8-14-6-4-5-7-15(14)11-22-19/h6-13,24H,4-5H2,1-3H3. The summed E-state index contributed by atoms with van der Waals surface area (Å²) in [5, 5.41) is 5.64. The van der Waals surface area contributed by atoms with E-state index in [2.05, 4.69) is 27.4 Å². The van der Waals surface area contributed by atoms with Gasteiger partial charge < -0.3 is 24.1 Å². The van der Waals surface area contributed by atoms with E-state index in [1.54, 1.807) is 27.7 Å². The molecule has 0 bridgehead atoms. The summed E-state index contributed by atoms with van der Waals surface area (Å²) in [6.45, 7) is 0. The lowest BCUT2D eigenvalue weighted by Gasteiger charge is -2.14. The van der Waals surface area contributed by atoms with Crippen molar-refractivity contribution in [1.82, 2.24) is 14.5 Å². The lowest BCUT2D eigenvalue weighted by Crippen LogP contribution is -2.27. The minimum Gasteiger partial charge on any atom is -0.493 e. The number of rotatable bonds is 6. The molecule has 0 saturated heterocycles. The Morgan fingerprint density at radius 2 is 1.57 bits per heavy atom. The molecule has 1 aliphatic carbocycles. The highest BCUT2D eigenvalue weighted by Crippen LogP contribution is 2.39. The second kappa shape index (κ2) is 7.64. The number of methoxy groups -OCH3 is 3. The number of hydrogen-bond donors (Lipinski definition) is 1. The molecule has 1 aromatic carbocycles. The summed E-state index contributed by atoms with van der Waals surface area (Å²) in [5.74, 6) is 3.19. The van der Waals surface area contributed by atoms with Crippen molar-refractivity contribution < 1.29 is 14.2 Å². The first-order valence-electron chi connectivity index (χ1n) is 8.99. The van der Waals surface area contributed by atoms with Gasteiger partial charge in [-0.25, -0.2) is 9.97 Å². The van der Waals surface area contributed by atoms with E-state index in [4.69, 9.17) is 14.2 Å². The van der Waals surface area contributed by atoms with E-state index in [9.17, 15) is 0 Å². The predicted octanol–water partition coefficient (Wildman–Crippen LogP) is 2.39. The molecule has 28 heavy (non-hydrogen) atoms. The second-order valence-corrected chi connectivity index (χ2v) is 6.36. The molecule has 0 radical (unpaired) electrons. The molecule has 1 N–H and O–H groups in total. The molecule has 4 rings (SSSR count). The normalized spacial score (nSPS) is 12.4. The quantitative estimate of drug-likeness (QED) is 0.710. The van der Waals surface area contributed by atoms with E-state index < -0.39 is 0 Å². The van der Waals surface area contributed by atoms with Crippen molar-refractivity contribution in [3.63, 3.8) is 0 Å². The second-order valence-electron chi connectivity index (χ2n) is 6.36. The fraction of sp³-hybridized carbons (Fsp3) is 0.238. The van der Waals surface area contributed by atoms with Crippen molar-refractivity contribution in [1.29, 1.82) is 0 Å². The number of imidazole rings is 1. The van der Waals surface area contributed by atoms with Crippen LogP contribution in [-0.2, 0) is 0 Å². The highest BCUT2D eigenvalue weighted by atomic mass is 16.5. The molecule has 0 atom stereocenters. The molecule has 0 aliphatic heterocycles. The van der Waals surface area contributed by atoms with Gasteiger partial charge in [-0.2, -0.15) is 0 Å². The molecule has 0 unspecified atom stereocenters.